The smallest absolute Gasteiger partial charge is 0.134 e. The van der Waals surface area contributed by atoms with Gasteiger partial charge in [0.25, 0.3) is 0 Å². The number of alkyl halides is 1. The molecule has 0 aliphatic heterocycles. The Kier molecular flexibility index (Phi) is 5.47. The summed E-state index contributed by atoms with van der Waals surface area (Å²) in [4.78, 5) is 0. The van der Waals surface area contributed by atoms with Crippen molar-refractivity contribution in [1.82, 2.24) is 0 Å². The van der Waals surface area contributed by atoms with E-state index in [1.54, 1.807) is 0 Å². The van der Waals surface area contributed by atoms with Gasteiger partial charge >= 0.3 is 0 Å². The van der Waals surface area contributed by atoms with Gasteiger partial charge in [0.2, 0.25) is 0 Å². The first-order valence-corrected chi connectivity index (χ1v) is 3.79. The van der Waals surface area contributed by atoms with Crippen LogP contribution in [0.1, 0.15) is 0 Å². The lowest BCUT2D eigenvalue weighted by atomic mass is 10.9. The van der Waals surface area contributed by atoms with Gasteiger partial charge in [-0.05, 0) is 11.2 Å². The van der Waals surface area contributed by atoms with Crippen LogP contribution < -0.4 is 0 Å². The minimum Gasteiger partial charge on any atom is -0.616 e. The molecule has 1 unspecified atom stereocenters. The summed E-state index contributed by atoms with van der Waals surface area (Å²) in [6.07, 6.45) is 0. The molecule has 0 aromatic heterocycles. The Hall–Kier alpha value is 0.200. The van der Waals surface area contributed by atoms with Crippen LogP contribution in [-0.4, -0.2) is 29.3 Å². The second-order valence-corrected chi connectivity index (χ2v) is 2.94. The van der Waals surface area contributed by atoms with E-state index in [9.17, 15) is 14.0 Å². The first-order valence-electron chi connectivity index (χ1n) is 2.30. The zero-order chi connectivity index (χ0) is 6.41. The fourth-order valence-electron chi connectivity index (χ4n) is 0.281. The van der Waals surface area contributed by atoms with E-state index in [-0.39, 0.29) is 18.1 Å². The summed E-state index contributed by atoms with van der Waals surface area (Å²) >= 11 is -1.21. The average molecular weight is 139 g/mol. The molecule has 0 N–H and O–H groups in total. The van der Waals surface area contributed by atoms with E-state index in [1.807, 2.05) is 0 Å². The van der Waals surface area contributed by atoms with Crippen molar-refractivity contribution in [2.75, 3.05) is 24.8 Å². The maximum Gasteiger partial charge on any atom is 0.134 e. The molecule has 8 heavy (non-hydrogen) atoms. The molecule has 0 spiro atoms. The van der Waals surface area contributed by atoms with Gasteiger partial charge in [-0.25, -0.2) is 9.50 Å². The Morgan fingerprint density at radius 1 is 1.50 bits per heavy atom. The highest BCUT2D eigenvalue weighted by atomic mass is 32.2. The first kappa shape index (κ1) is 8.20. The Balaban J connectivity index is 2.92. The fraction of sp³-hybridized carbons (Fsp3) is 1.00. The van der Waals surface area contributed by atoms with Crippen molar-refractivity contribution in [3.05, 3.63) is 0 Å². The molecule has 0 aromatic carbocycles. The highest BCUT2D eigenvalue weighted by Gasteiger charge is 2.02. The van der Waals surface area contributed by atoms with Crippen LogP contribution in [0, 0.1) is 0 Å². The van der Waals surface area contributed by atoms with Gasteiger partial charge in [0.05, 0.1) is 0 Å². The van der Waals surface area contributed by atoms with E-state index in [0.29, 0.717) is 0 Å². The van der Waals surface area contributed by atoms with E-state index in [2.05, 4.69) is 0 Å². The first-order chi connectivity index (χ1) is 3.81. The fourth-order valence-corrected chi connectivity index (χ4v) is 0.843. The number of rotatable bonds is 4. The predicted octanol–water partition coefficient (Wildman–Crippen LogP) is 0.135. The Bertz CT molecular complexity index is 47.3. The molecule has 0 bridgehead atoms. The Morgan fingerprint density at radius 3 is 2.50 bits per heavy atom. The minimum atomic E-state index is -1.21. The van der Waals surface area contributed by atoms with Crippen molar-refractivity contribution in [3.63, 3.8) is 0 Å². The SMILES string of the molecule is [O]CC[S+]([O-])CCF. The van der Waals surface area contributed by atoms with Crippen LogP contribution >= 0.6 is 0 Å². The average Bonchev–Trinajstić information content (AvgIpc) is 1.68. The van der Waals surface area contributed by atoms with Crippen molar-refractivity contribution in [2.45, 2.75) is 0 Å². The molecule has 1 radical (unpaired) electrons. The molecule has 2 nitrogen and oxygen atoms in total. The summed E-state index contributed by atoms with van der Waals surface area (Å²) in [5, 5.41) is 9.70. The third-order valence-electron chi connectivity index (χ3n) is 0.616. The zero-order valence-electron chi connectivity index (χ0n) is 4.43. The molecule has 1 atom stereocenters. The minimum absolute atomic E-state index is 0.0161. The Labute approximate surface area is 50.9 Å². The molecule has 0 aliphatic rings. The summed E-state index contributed by atoms with van der Waals surface area (Å²) in [6.45, 7) is -0.959. The largest absolute Gasteiger partial charge is 0.616 e. The molecule has 0 amide bonds. The van der Waals surface area contributed by atoms with Crippen LogP contribution in [0.2, 0.25) is 0 Å². The highest BCUT2D eigenvalue weighted by molar-refractivity contribution is 7.91. The summed E-state index contributed by atoms with van der Waals surface area (Å²) in [6, 6.07) is 0. The standard InChI is InChI=1S/C4H8FO2S/c5-1-3-8(7)4-2-6/h1-4H2. The molecule has 0 saturated heterocycles. The third kappa shape index (κ3) is 4.36. The normalized spacial score (nSPS) is 13.9. The van der Waals surface area contributed by atoms with Gasteiger partial charge in [0.1, 0.15) is 24.8 Å². The number of hydrogen-bond donors (Lipinski definition) is 0. The quantitative estimate of drug-likeness (QED) is 0.511. The second kappa shape index (κ2) is 5.34. The van der Waals surface area contributed by atoms with Crippen molar-refractivity contribution in [2.24, 2.45) is 0 Å². The van der Waals surface area contributed by atoms with Crippen molar-refractivity contribution in [3.8, 4) is 0 Å². The summed E-state index contributed by atoms with van der Waals surface area (Å²) in [7, 11) is 0. The van der Waals surface area contributed by atoms with Crippen LogP contribution in [0.25, 0.3) is 0 Å². The number of hydrogen-bond acceptors (Lipinski definition) is 1. The molecule has 0 saturated carbocycles. The monoisotopic (exact) mass is 139 g/mol. The van der Waals surface area contributed by atoms with Crippen LogP contribution in [0.4, 0.5) is 4.39 Å². The lowest BCUT2D eigenvalue weighted by Gasteiger charge is -2.04. The summed E-state index contributed by atoms with van der Waals surface area (Å²) in [5.41, 5.74) is 0. The lowest BCUT2D eigenvalue weighted by Crippen LogP contribution is -2.14. The van der Waals surface area contributed by atoms with Gasteiger partial charge in [0.15, 0.2) is 0 Å². The van der Waals surface area contributed by atoms with Crippen LogP contribution in [0.15, 0.2) is 0 Å². The van der Waals surface area contributed by atoms with Crippen LogP contribution in [-0.2, 0) is 16.3 Å². The lowest BCUT2D eigenvalue weighted by molar-refractivity contribution is 0.213. The van der Waals surface area contributed by atoms with E-state index in [4.69, 9.17) is 0 Å². The van der Waals surface area contributed by atoms with E-state index >= 15 is 0 Å². The van der Waals surface area contributed by atoms with Crippen LogP contribution in [0.5, 0.6) is 0 Å². The van der Waals surface area contributed by atoms with Gasteiger partial charge in [-0.2, -0.15) is 0 Å². The maximum atomic E-state index is 11.3. The van der Waals surface area contributed by atoms with Gasteiger partial charge in [0, 0.05) is 0 Å². The molecule has 0 heterocycles. The van der Waals surface area contributed by atoms with E-state index in [1.165, 1.54) is 0 Å². The van der Waals surface area contributed by atoms with E-state index in [0.717, 1.165) is 0 Å². The van der Waals surface area contributed by atoms with Crippen molar-refractivity contribution >= 4 is 11.2 Å². The second-order valence-electron chi connectivity index (χ2n) is 1.24. The van der Waals surface area contributed by atoms with E-state index < -0.39 is 17.9 Å². The number of halogens is 1. The Morgan fingerprint density at radius 2 is 2.12 bits per heavy atom. The van der Waals surface area contributed by atoms with Gasteiger partial charge < -0.3 is 4.55 Å². The van der Waals surface area contributed by atoms with Gasteiger partial charge in [-0.15, -0.1) is 0 Å². The molecule has 0 aromatic rings. The molecule has 0 aliphatic carbocycles. The molecule has 49 valence electrons. The molecule has 0 rings (SSSR count). The molecular formula is C4H8FO2S. The summed E-state index contributed by atoms with van der Waals surface area (Å²) < 4.78 is 21.6. The zero-order valence-corrected chi connectivity index (χ0v) is 5.25. The third-order valence-corrected chi connectivity index (χ3v) is 1.85. The van der Waals surface area contributed by atoms with Gasteiger partial charge in [-0.1, -0.05) is 0 Å². The highest BCUT2D eigenvalue weighted by Crippen LogP contribution is 1.88. The summed E-state index contributed by atoms with van der Waals surface area (Å²) in [5.74, 6) is 0.103. The van der Waals surface area contributed by atoms with Crippen molar-refractivity contribution < 1.29 is 14.0 Å². The molecule has 0 fully saturated rings. The maximum absolute atomic E-state index is 11.3. The van der Waals surface area contributed by atoms with Crippen LogP contribution in [0.3, 0.4) is 0 Å². The molecular weight excluding hydrogens is 131 g/mol. The van der Waals surface area contributed by atoms with Gasteiger partial charge in [-0.3, -0.25) is 0 Å². The van der Waals surface area contributed by atoms with Crippen molar-refractivity contribution in [1.29, 1.82) is 0 Å². The topological polar surface area (TPSA) is 43.0 Å². The molecule has 4 heteroatoms. The predicted molar refractivity (Wildman–Crippen MR) is 29.4 cm³/mol.